The fourth-order valence-electron chi connectivity index (χ4n) is 0.241. The molecular weight excluding hydrogens is 122 g/mol. The summed E-state index contributed by atoms with van der Waals surface area (Å²) >= 11 is 0. The van der Waals surface area contributed by atoms with E-state index >= 15 is 0 Å². The van der Waals surface area contributed by atoms with Gasteiger partial charge in [0.1, 0.15) is 12.6 Å². The van der Waals surface area contributed by atoms with E-state index in [9.17, 15) is 9.59 Å². The van der Waals surface area contributed by atoms with Crippen molar-refractivity contribution < 1.29 is 14.3 Å². The summed E-state index contributed by atoms with van der Waals surface area (Å²) in [6, 6.07) is -0.811. The molecule has 0 aliphatic carbocycles. The molecule has 0 aliphatic heterocycles. The third-order valence-corrected chi connectivity index (χ3v) is 0.618. The van der Waals surface area contributed by atoms with Crippen molar-refractivity contribution >= 4 is 12.3 Å². The van der Waals surface area contributed by atoms with Gasteiger partial charge in [0.2, 0.25) is 6.29 Å². The largest absolute Gasteiger partial charge is 0.464 e. The van der Waals surface area contributed by atoms with E-state index in [2.05, 4.69) is 4.74 Å². The summed E-state index contributed by atoms with van der Waals surface area (Å²) in [5.74, 6) is -0.444. The lowest BCUT2D eigenvalue weighted by atomic mass is 10.4. The Hall–Kier alpha value is -0.900. The Morgan fingerprint density at radius 1 is 1.89 bits per heavy atom. The number of esters is 1. The quantitative estimate of drug-likeness (QED) is 0.497. The molecule has 1 radical (unpaired) electrons. The Morgan fingerprint density at radius 3 is 2.78 bits per heavy atom. The number of ether oxygens (including phenoxy) is 1. The molecule has 1 unspecified atom stereocenters. The van der Waals surface area contributed by atoms with Crippen molar-refractivity contribution in [2.75, 3.05) is 6.61 Å². The van der Waals surface area contributed by atoms with Gasteiger partial charge in [-0.05, 0) is 0 Å². The van der Waals surface area contributed by atoms with E-state index in [0.29, 0.717) is 0 Å². The van der Waals surface area contributed by atoms with Crippen molar-refractivity contribution in [3.8, 4) is 0 Å². The molecule has 0 saturated carbocycles. The molecule has 0 aromatic heterocycles. The molecule has 0 saturated heterocycles. The molecule has 0 heterocycles. The van der Waals surface area contributed by atoms with E-state index < -0.39 is 12.0 Å². The van der Waals surface area contributed by atoms with Gasteiger partial charge in [0, 0.05) is 6.92 Å². The van der Waals surface area contributed by atoms with Gasteiger partial charge in [0.15, 0.2) is 0 Å². The predicted molar refractivity (Wildman–Crippen MR) is 30.3 cm³/mol. The van der Waals surface area contributed by atoms with Crippen molar-refractivity contribution in [3.05, 3.63) is 0 Å². The van der Waals surface area contributed by atoms with Gasteiger partial charge in [-0.15, -0.1) is 0 Å². The second kappa shape index (κ2) is 4.03. The van der Waals surface area contributed by atoms with Gasteiger partial charge in [-0.1, -0.05) is 0 Å². The Labute approximate surface area is 53.0 Å². The van der Waals surface area contributed by atoms with Gasteiger partial charge in [0.25, 0.3) is 0 Å². The maximum Gasteiger partial charge on any atom is 0.302 e. The highest BCUT2D eigenvalue weighted by atomic mass is 16.5. The van der Waals surface area contributed by atoms with Crippen LogP contribution in [0.4, 0.5) is 0 Å². The van der Waals surface area contributed by atoms with Crippen molar-refractivity contribution in [2.45, 2.75) is 13.0 Å². The third-order valence-electron chi connectivity index (χ3n) is 0.618. The second-order valence-corrected chi connectivity index (χ2v) is 1.53. The highest BCUT2D eigenvalue weighted by Gasteiger charge is 2.01. The van der Waals surface area contributed by atoms with Gasteiger partial charge in [-0.3, -0.25) is 9.59 Å². The van der Waals surface area contributed by atoms with Crippen LogP contribution in [0.1, 0.15) is 6.92 Å². The van der Waals surface area contributed by atoms with E-state index in [0.717, 1.165) is 0 Å². The zero-order chi connectivity index (χ0) is 7.28. The fourth-order valence-corrected chi connectivity index (χ4v) is 0.241. The van der Waals surface area contributed by atoms with E-state index in [-0.39, 0.29) is 6.61 Å². The molecular formula is C5H8NO3. The van der Waals surface area contributed by atoms with Crippen LogP contribution < -0.4 is 5.73 Å². The Balaban J connectivity index is 3.26. The smallest absolute Gasteiger partial charge is 0.302 e. The lowest BCUT2D eigenvalue weighted by Gasteiger charge is -2.01. The van der Waals surface area contributed by atoms with Gasteiger partial charge < -0.3 is 10.5 Å². The predicted octanol–water partition coefficient (Wildman–Crippen LogP) is -1.01. The first kappa shape index (κ1) is 8.10. The molecule has 0 spiro atoms. The molecule has 0 fully saturated rings. The topological polar surface area (TPSA) is 69.4 Å². The molecule has 0 amide bonds. The second-order valence-electron chi connectivity index (χ2n) is 1.53. The average Bonchev–Trinajstić information content (AvgIpc) is 1.83. The van der Waals surface area contributed by atoms with Gasteiger partial charge >= 0.3 is 5.97 Å². The fraction of sp³-hybridized carbons (Fsp3) is 0.600. The Morgan fingerprint density at radius 2 is 2.44 bits per heavy atom. The van der Waals surface area contributed by atoms with Crippen LogP contribution in [0.25, 0.3) is 0 Å². The first-order valence-electron chi connectivity index (χ1n) is 2.43. The van der Waals surface area contributed by atoms with Crippen LogP contribution in [-0.2, 0) is 14.3 Å². The first-order valence-corrected chi connectivity index (χ1v) is 2.43. The maximum absolute atomic E-state index is 10.1. The van der Waals surface area contributed by atoms with Crippen molar-refractivity contribution in [2.24, 2.45) is 5.73 Å². The summed E-state index contributed by atoms with van der Waals surface area (Å²) in [5.41, 5.74) is 5.02. The molecule has 4 nitrogen and oxygen atoms in total. The SMILES string of the molecule is CC(=O)OCC(N)[C]=O. The Bertz CT molecular complexity index is 113. The molecule has 0 rings (SSSR count). The molecule has 0 bridgehead atoms. The number of carbonyl (C=O) groups excluding carboxylic acids is 2. The van der Waals surface area contributed by atoms with Gasteiger partial charge in [0.05, 0.1) is 0 Å². The summed E-state index contributed by atoms with van der Waals surface area (Å²) in [6.45, 7) is 1.16. The van der Waals surface area contributed by atoms with Crippen molar-refractivity contribution in [1.29, 1.82) is 0 Å². The zero-order valence-corrected chi connectivity index (χ0v) is 5.09. The molecule has 0 aliphatic rings. The summed E-state index contributed by atoms with van der Waals surface area (Å²) in [5, 5.41) is 0. The molecule has 9 heavy (non-hydrogen) atoms. The Kier molecular flexibility index (Phi) is 3.62. The number of carbonyl (C=O) groups is 1. The molecule has 2 N–H and O–H groups in total. The molecule has 1 atom stereocenters. The minimum absolute atomic E-state index is 0.0845. The molecule has 0 aromatic rings. The summed E-state index contributed by atoms with van der Waals surface area (Å²) in [7, 11) is 0. The minimum Gasteiger partial charge on any atom is -0.464 e. The van der Waals surface area contributed by atoms with E-state index in [1.54, 1.807) is 0 Å². The maximum atomic E-state index is 10.1. The van der Waals surface area contributed by atoms with E-state index in [1.165, 1.54) is 13.2 Å². The molecule has 51 valence electrons. The highest BCUT2D eigenvalue weighted by Crippen LogP contribution is 1.77. The van der Waals surface area contributed by atoms with Crippen LogP contribution in [-0.4, -0.2) is 24.9 Å². The van der Waals surface area contributed by atoms with Crippen LogP contribution >= 0.6 is 0 Å². The zero-order valence-electron chi connectivity index (χ0n) is 5.09. The van der Waals surface area contributed by atoms with Crippen LogP contribution in [0, 0.1) is 0 Å². The summed E-state index contributed by atoms with van der Waals surface area (Å²) in [6.07, 6.45) is 1.47. The lowest BCUT2D eigenvalue weighted by Crippen LogP contribution is -2.28. The first-order chi connectivity index (χ1) is 4.16. The lowest BCUT2D eigenvalue weighted by molar-refractivity contribution is -0.140. The van der Waals surface area contributed by atoms with Gasteiger partial charge in [-0.25, -0.2) is 0 Å². The monoisotopic (exact) mass is 130 g/mol. The van der Waals surface area contributed by atoms with Gasteiger partial charge in [-0.2, -0.15) is 0 Å². The normalized spacial score (nSPS) is 12.2. The minimum atomic E-state index is -0.811. The standard InChI is InChI=1S/C5H8NO3/c1-4(8)9-3-5(6)2-7/h5H,3,6H2,1H3. The number of nitrogens with two attached hydrogens (primary N) is 1. The summed E-state index contributed by atoms with van der Waals surface area (Å²) < 4.78 is 4.37. The van der Waals surface area contributed by atoms with E-state index in [1.807, 2.05) is 0 Å². The number of rotatable bonds is 3. The highest BCUT2D eigenvalue weighted by molar-refractivity contribution is 5.66. The van der Waals surface area contributed by atoms with Crippen LogP contribution in [0.15, 0.2) is 0 Å². The van der Waals surface area contributed by atoms with Crippen molar-refractivity contribution in [1.82, 2.24) is 0 Å². The number of hydrogen-bond donors (Lipinski definition) is 1. The van der Waals surface area contributed by atoms with Crippen LogP contribution in [0.3, 0.4) is 0 Å². The molecule has 4 heteroatoms. The van der Waals surface area contributed by atoms with Crippen LogP contribution in [0.5, 0.6) is 0 Å². The third kappa shape index (κ3) is 4.96. The van der Waals surface area contributed by atoms with Crippen LogP contribution in [0.2, 0.25) is 0 Å². The number of hydrogen-bond acceptors (Lipinski definition) is 4. The summed E-state index contributed by atoms with van der Waals surface area (Å²) in [4.78, 5) is 19.7. The average molecular weight is 130 g/mol. The van der Waals surface area contributed by atoms with E-state index in [4.69, 9.17) is 5.73 Å². The van der Waals surface area contributed by atoms with Crippen molar-refractivity contribution in [3.63, 3.8) is 0 Å². The molecule has 0 aromatic carbocycles.